The van der Waals surface area contributed by atoms with Crippen molar-refractivity contribution in [3.05, 3.63) is 0 Å². The Bertz CT molecular complexity index is 1000. The van der Waals surface area contributed by atoms with E-state index in [0.29, 0.717) is 6.42 Å². The van der Waals surface area contributed by atoms with Gasteiger partial charge in [-0.25, -0.2) is 9.59 Å². The molecule has 0 spiro atoms. The first-order valence-corrected chi connectivity index (χ1v) is 15.1. The van der Waals surface area contributed by atoms with Gasteiger partial charge in [-0.1, -0.05) is 21.3 Å². The number of carbonyl (C=O) groups excluding carboxylic acids is 1. The Balaban J connectivity index is 0.000000550. The summed E-state index contributed by atoms with van der Waals surface area (Å²) in [5.41, 5.74) is 0. The van der Waals surface area contributed by atoms with Gasteiger partial charge in [0.05, 0.1) is 24.4 Å². The van der Waals surface area contributed by atoms with Crippen LogP contribution in [0.4, 0.5) is 0 Å². The van der Waals surface area contributed by atoms with E-state index in [2.05, 4.69) is 5.32 Å². The topological polar surface area (TPSA) is 280 Å². The summed E-state index contributed by atoms with van der Waals surface area (Å²) in [5.74, 6) is -3.63. The van der Waals surface area contributed by atoms with Crippen LogP contribution in [-0.2, 0) is 42.8 Å². The molecule has 0 aromatic carbocycles. The number of amides is 1. The van der Waals surface area contributed by atoms with E-state index < -0.39 is 110 Å². The van der Waals surface area contributed by atoms with Gasteiger partial charge in [0.1, 0.15) is 42.7 Å². The molecule has 15 atom stereocenters. The average Bonchev–Trinajstić information content (AvgIpc) is 2.96. The number of hydrogen-bond donors (Lipinski definition) is 9. The Morgan fingerprint density at radius 2 is 1.17 bits per heavy atom. The third-order valence-corrected chi connectivity index (χ3v) is 7.57. The van der Waals surface area contributed by atoms with Crippen LogP contribution in [0.5, 0.6) is 0 Å². The van der Waals surface area contributed by atoms with Gasteiger partial charge in [0, 0.05) is 12.8 Å². The van der Waals surface area contributed by atoms with Crippen LogP contribution in [0, 0.1) is 5.92 Å². The van der Waals surface area contributed by atoms with Gasteiger partial charge >= 0.3 is 11.9 Å². The second kappa shape index (κ2) is 18.6. The summed E-state index contributed by atoms with van der Waals surface area (Å²) in [6.07, 6.45) is -18.4. The zero-order chi connectivity index (χ0) is 35.2. The number of aliphatic hydroxyl groups is 6. The van der Waals surface area contributed by atoms with Gasteiger partial charge in [-0.3, -0.25) is 4.79 Å². The van der Waals surface area contributed by atoms with E-state index in [1.54, 1.807) is 34.6 Å². The molecule has 0 bridgehead atoms. The zero-order valence-corrected chi connectivity index (χ0v) is 26.8. The molecule has 0 radical (unpaired) electrons. The number of rotatable bonds is 10. The Morgan fingerprint density at radius 1 is 0.702 bits per heavy atom. The first-order valence-electron chi connectivity index (χ1n) is 15.1. The largest absolute Gasteiger partial charge is 0.479 e. The molecule has 3 fully saturated rings. The van der Waals surface area contributed by atoms with Crippen LogP contribution in [0.25, 0.3) is 0 Å². The molecule has 0 aromatic rings. The van der Waals surface area contributed by atoms with E-state index in [-0.39, 0.29) is 19.4 Å². The van der Waals surface area contributed by atoms with E-state index in [1.807, 2.05) is 6.92 Å². The molecule has 0 aromatic heterocycles. The maximum absolute atomic E-state index is 11.8. The van der Waals surface area contributed by atoms with Crippen LogP contribution in [0.2, 0.25) is 0 Å². The van der Waals surface area contributed by atoms with Crippen molar-refractivity contribution in [1.29, 1.82) is 0 Å². The van der Waals surface area contributed by atoms with Crippen molar-refractivity contribution in [2.45, 2.75) is 160 Å². The summed E-state index contributed by atoms with van der Waals surface area (Å²) in [7, 11) is 0. The summed E-state index contributed by atoms with van der Waals surface area (Å²) < 4.78 is 32.3. The Hall–Kier alpha value is -2.07. The monoisotopic (exact) mass is 687 g/mol. The van der Waals surface area contributed by atoms with E-state index in [1.165, 1.54) is 6.92 Å². The van der Waals surface area contributed by atoms with Crippen molar-refractivity contribution < 1.29 is 83.7 Å². The van der Waals surface area contributed by atoms with Crippen molar-refractivity contribution in [3.63, 3.8) is 0 Å². The molecule has 18 nitrogen and oxygen atoms in total. The van der Waals surface area contributed by atoms with Gasteiger partial charge in [0.2, 0.25) is 5.91 Å². The first-order chi connectivity index (χ1) is 21.3. The van der Waals surface area contributed by atoms with Crippen molar-refractivity contribution >= 4 is 17.8 Å². The molecule has 9 N–H and O–H groups in total. The van der Waals surface area contributed by atoms with Crippen LogP contribution in [0.1, 0.15) is 62.3 Å². The van der Waals surface area contributed by atoms with Gasteiger partial charge in [-0.15, -0.1) is 0 Å². The lowest BCUT2D eigenvalue weighted by Crippen LogP contribution is -2.66. The van der Waals surface area contributed by atoms with Crippen LogP contribution >= 0.6 is 0 Å². The number of carbonyl (C=O) groups is 3. The smallest absolute Gasteiger partial charge is 0.335 e. The van der Waals surface area contributed by atoms with Crippen LogP contribution in [-0.4, -0.2) is 157 Å². The van der Waals surface area contributed by atoms with Crippen molar-refractivity contribution in [3.8, 4) is 0 Å². The number of ether oxygens (including phenoxy) is 6. The molecule has 3 rings (SSSR count). The molecule has 3 heterocycles. The molecule has 3 aliphatic rings. The molecule has 3 saturated heterocycles. The first kappa shape index (κ1) is 43.0. The SMILES string of the molecule is C.CC(C)OC1OC(C(=O)O)C(O)C(O)C1O.CCC1OC(OC2C(C(=O)O)OC(OC(C)C)C(O)C2O)C(NC(C)=O)C(O)C1C. The molecule has 47 heavy (non-hydrogen) atoms. The van der Waals surface area contributed by atoms with Crippen LogP contribution in [0.15, 0.2) is 0 Å². The Labute approximate surface area is 273 Å². The van der Waals surface area contributed by atoms with E-state index in [0.717, 1.165) is 0 Å². The summed E-state index contributed by atoms with van der Waals surface area (Å²) in [6.45, 7) is 11.5. The predicted molar refractivity (Wildman–Crippen MR) is 158 cm³/mol. The molecule has 276 valence electrons. The van der Waals surface area contributed by atoms with Gasteiger partial charge in [-0.2, -0.15) is 0 Å². The van der Waals surface area contributed by atoms with E-state index >= 15 is 0 Å². The predicted octanol–water partition coefficient (Wildman–Crippen LogP) is -2.10. The highest BCUT2D eigenvalue weighted by Gasteiger charge is 2.53. The van der Waals surface area contributed by atoms with Crippen LogP contribution < -0.4 is 5.32 Å². The minimum absolute atomic E-state index is 0. The highest BCUT2D eigenvalue weighted by molar-refractivity contribution is 5.74. The maximum Gasteiger partial charge on any atom is 0.335 e. The third-order valence-electron chi connectivity index (χ3n) is 7.57. The molecule has 3 aliphatic heterocycles. The van der Waals surface area contributed by atoms with Crippen LogP contribution in [0.3, 0.4) is 0 Å². The maximum atomic E-state index is 11.8. The molecule has 0 saturated carbocycles. The number of carboxylic acids is 2. The lowest BCUT2D eigenvalue weighted by molar-refractivity contribution is -0.340. The Morgan fingerprint density at radius 3 is 1.60 bits per heavy atom. The average molecular weight is 688 g/mol. The minimum Gasteiger partial charge on any atom is -0.479 e. The van der Waals surface area contributed by atoms with E-state index in [9.17, 15) is 50.1 Å². The fourth-order valence-electron chi connectivity index (χ4n) is 5.22. The molecular weight excluding hydrogens is 634 g/mol. The summed E-state index contributed by atoms with van der Waals surface area (Å²) in [4.78, 5) is 34.1. The number of aliphatic hydroxyl groups excluding tert-OH is 6. The van der Waals surface area contributed by atoms with Gasteiger partial charge in [0.15, 0.2) is 31.1 Å². The lowest BCUT2D eigenvalue weighted by Gasteiger charge is -2.47. The van der Waals surface area contributed by atoms with Gasteiger partial charge in [-0.05, 0) is 34.1 Å². The highest BCUT2D eigenvalue weighted by atomic mass is 16.7. The fourth-order valence-corrected chi connectivity index (χ4v) is 5.22. The summed E-state index contributed by atoms with van der Waals surface area (Å²) >= 11 is 0. The van der Waals surface area contributed by atoms with Gasteiger partial charge < -0.3 is 74.6 Å². The number of hydrogen-bond acceptors (Lipinski definition) is 15. The minimum atomic E-state index is -1.68. The third kappa shape index (κ3) is 11.0. The van der Waals surface area contributed by atoms with Crippen molar-refractivity contribution in [1.82, 2.24) is 5.32 Å². The molecule has 18 heteroatoms. The van der Waals surface area contributed by atoms with Crippen molar-refractivity contribution in [2.75, 3.05) is 0 Å². The molecule has 1 amide bonds. The summed E-state index contributed by atoms with van der Waals surface area (Å²) in [5, 5.41) is 80.8. The molecule has 15 unspecified atom stereocenters. The number of nitrogens with one attached hydrogen (secondary N) is 1. The fraction of sp³-hybridized carbons (Fsp3) is 0.897. The molecule has 0 aliphatic carbocycles. The van der Waals surface area contributed by atoms with Gasteiger partial charge in [0.25, 0.3) is 0 Å². The standard InChI is InChI=1S/C19H33NO10.C9H16O7.CH4/c1-6-10-8(4)12(22)11(20-9(5)21)18(28-10)29-15-13(23)14(24)19(27-7(2)3)30-16(15)17(25)26;1-3(2)15-9-6(12)4(10)5(11)7(16-9)8(13)14;/h7-8,10-16,18-19,22-24H,6H2,1-5H3,(H,20,21)(H,25,26);3-7,9-12H,1-2H3,(H,13,14);1H4. The quantitative estimate of drug-likeness (QED) is 0.119. The second-order valence-electron chi connectivity index (χ2n) is 12.0. The number of aliphatic carboxylic acids is 2. The lowest BCUT2D eigenvalue weighted by atomic mass is 9.87. The van der Waals surface area contributed by atoms with Crippen molar-refractivity contribution in [2.24, 2.45) is 5.92 Å². The zero-order valence-electron chi connectivity index (χ0n) is 26.8. The Kier molecular flexibility index (Phi) is 17.0. The molecular formula is C29H53NO17. The second-order valence-corrected chi connectivity index (χ2v) is 12.0. The number of carboxylic acid groups (broad SMARTS) is 2. The summed E-state index contributed by atoms with van der Waals surface area (Å²) in [6, 6.07) is -1.01. The highest BCUT2D eigenvalue weighted by Crippen LogP contribution is 2.33. The van der Waals surface area contributed by atoms with E-state index in [4.69, 9.17) is 33.5 Å². The normalized spacial score (nSPS) is 40.5.